The topological polar surface area (TPSA) is 77.9 Å². The fourth-order valence-corrected chi connectivity index (χ4v) is 1.14. The molecule has 2 N–H and O–H groups in total. The van der Waals surface area contributed by atoms with E-state index in [-0.39, 0.29) is 5.97 Å². The second-order valence-corrected chi connectivity index (χ2v) is 2.97. The molecule has 0 aromatic carbocycles. The Hall–Kier alpha value is -1.80. The van der Waals surface area contributed by atoms with E-state index in [9.17, 15) is 4.79 Å². The van der Waals surface area contributed by atoms with Crippen LogP contribution in [0.2, 0.25) is 0 Å². The average molecular weight is 207 g/mol. The monoisotopic (exact) mass is 207 g/mol. The Labute approximate surface area is 88.0 Å². The van der Waals surface area contributed by atoms with E-state index in [0.717, 1.165) is 5.69 Å². The summed E-state index contributed by atoms with van der Waals surface area (Å²) in [6.07, 6.45) is 0.477. The van der Waals surface area contributed by atoms with Gasteiger partial charge in [-0.3, -0.25) is 0 Å². The van der Waals surface area contributed by atoms with Crippen molar-refractivity contribution in [3.8, 4) is 6.07 Å². The Balaban J connectivity index is 2.40. The SMILES string of the molecule is COC(=O)c1ccc(CNCCC#N)[nH]1. The molecule has 0 atom stereocenters. The van der Waals surface area contributed by atoms with E-state index >= 15 is 0 Å². The molecule has 0 amide bonds. The van der Waals surface area contributed by atoms with Gasteiger partial charge in [-0.15, -0.1) is 0 Å². The number of rotatable bonds is 5. The van der Waals surface area contributed by atoms with Gasteiger partial charge in [0.15, 0.2) is 0 Å². The number of esters is 1. The van der Waals surface area contributed by atoms with E-state index in [2.05, 4.69) is 15.0 Å². The molecule has 1 rings (SSSR count). The minimum absolute atomic E-state index is 0.377. The van der Waals surface area contributed by atoms with Gasteiger partial charge in [-0.25, -0.2) is 4.79 Å². The smallest absolute Gasteiger partial charge is 0.354 e. The van der Waals surface area contributed by atoms with Crippen LogP contribution in [0.3, 0.4) is 0 Å². The number of aromatic nitrogens is 1. The van der Waals surface area contributed by atoms with Crippen LogP contribution in [-0.4, -0.2) is 24.6 Å². The first-order valence-electron chi connectivity index (χ1n) is 4.62. The van der Waals surface area contributed by atoms with Crippen LogP contribution in [0.5, 0.6) is 0 Å². The van der Waals surface area contributed by atoms with Gasteiger partial charge in [-0.05, 0) is 12.1 Å². The third-order valence-corrected chi connectivity index (χ3v) is 1.88. The minimum Gasteiger partial charge on any atom is -0.464 e. The van der Waals surface area contributed by atoms with Gasteiger partial charge >= 0.3 is 5.97 Å². The first kappa shape index (κ1) is 11.3. The summed E-state index contributed by atoms with van der Waals surface area (Å²) < 4.78 is 4.56. The van der Waals surface area contributed by atoms with Crippen molar-refractivity contribution in [2.75, 3.05) is 13.7 Å². The zero-order valence-electron chi connectivity index (χ0n) is 8.54. The van der Waals surface area contributed by atoms with Crippen molar-refractivity contribution in [2.24, 2.45) is 0 Å². The van der Waals surface area contributed by atoms with Crippen LogP contribution >= 0.6 is 0 Å². The summed E-state index contributed by atoms with van der Waals surface area (Å²) in [4.78, 5) is 14.0. The molecule has 1 aromatic heterocycles. The van der Waals surface area contributed by atoms with Crippen LogP contribution in [0.4, 0.5) is 0 Å². The molecule has 0 aliphatic rings. The number of nitrogens with one attached hydrogen (secondary N) is 2. The minimum atomic E-state index is -0.377. The maximum Gasteiger partial charge on any atom is 0.354 e. The van der Waals surface area contributed by atoms with Gasteiger partial charge in [0, 0.05) is 25.2 Å². The molecule has 0 unspecified atom stereocenters. The zero-order chi connectivity index (χ0) is 11.1. The van der Waals surface area contributed by atoms with Crippen LogP contribution in [0, 0.1) is 11.3 Å². The molecule has 0 spiro atoms. The van der Waals surface area contributed by atoms with Gasteiger partial charge < -0.3 is 15.0 Å². The van der Waals surface area contributed by atoms with Crippen LogP contribution < -0.4 is 5.32 Å². The molecule has 0 bridgehead atoms. The maximum absolute atomic E-state index is 11.1. The third-order valence-electron chi connectivity index (χ3n) is 1.88. The van der Waals surface area contributed by atoms with Crippen molar-refractivity contribution in [3.05, 3.63) is 23.5 Å². The van der Waals surface area contributed by atoms with E-state index in [1.165, 1.54) is 7.11 Å². The van der Waals surface area contributed by atoms with Crippen LogP contribution in [-0.2, 0) is 11.3 Å². The Bertz CT molecular complexity index is 365. The van der Waals surface area contributed by atoms with E-state index in [4.69, 9.17) is 5.26 Å². The predicted molar refractivity (Wildman–Crippen MR) is 54.1 cm³/mol. The van der Waals surface area contributed by atoms with Crippen LogP contribution in [0.25, 0.3) is 0 Å². The summed E-state index contributed by atoms with van der Waals surface area (Å²) in [6, 6.07) is 5.52. The number of methoxy groups -OCH3 is 1. The molecule has 0 fully saturated rings. The van der Waals surface area contributed by atoms with Gasteiger partial charge in [0.1, 0.15) is 5.69 Å². The van der Waals surface area contributed by atoms with Gasteiger partial charge in [0.2, 0.25) is 0 Å². The number of hydrogen-bond donors (Lipinski definition) is 2. The van der Waals surface area contributed by atoms with E-state index in [0.29, 0.717) is 25.2 Å². The second-order valence-electron chi connectivity index (χ2n) is 2.97. The lowest BCUT2D eigenvalue weighted by Gasteiger charge is -1.99. The molecular weight excluding hydrogens is 194 g/mol. The highest BCUT2D eigenvalue weighted by Gasteiger charge is 2.06. The number of carbonyl (C=O) groups excluding carboxylic acids is 1. The number of ether oxygens (including phenoxy) is 1. The van der Waals surface area contributed by atoms with Crippen LogP contribution in [0.15, 0.2) is 12.1 Å². The Morgan fingerprint density at radius 3 is 3.13 bits per heavy atom. The fourth-order valence-electron chi connectivity index (χ4n) is 1.14. The zero-order valence-corrected chi connectivity index (χ0v) is 8.54. The molecule has 0 saturated carbocycles. The van der Waals surface area contributed by atoms with Crippen molar-refractivity contribution < 1.29 is 9.53 Å². The Morgan fingerprint density at radius 2 is 2.47 bits per heavy atom. The second kappa shape index (κ2) is 5.83. The molecule has 1 heterocycles. The number of nitriles is 1. The quantitative estimate of drug-likeness (QED) is 0.553. The summed E-state index contributed by atoms with van der Waals surface area (Å²) >= 11 is 0. The van der Waals surface area contributed by atoms with Crippen molar-refractivity contribution >= 4 is 5.97 Å². The summed E-state index contributed by atoms with van der Waals surface area (Å²) in [5.74, 6) is -0.377. The van der Waals surface area contributed by atoms with Crippen LogP contribution in [0.1, 0.15) is 22.6 Å². The highest BCUT2D eigenvalue weighted by Crippen LogP contribution is 2.02. The van der Waals surface area contributed by atoms with Gasteiger partial charge in [-0.2, -0.15) is 5.26 Å². The largest absolute Gasteiger partial charge is 0.464 e. The van der Waals surface area contributed by atoms with Crippen molar-refractivity contribution in [2.45, 2.75) is 13.0 Å². The van der Waals surface area contributed by atoms with Crippen molar-refractivity contribution in [1.29, 1.82) is 5.26 Å². The van der Waals surface area contributed by atoms with E-state index in [1.807, 2.05) is 12.1 Å². The normalized spacial score (nSPS) is 9.60. The van der Waals surface area contributed by atoms with Gasteiger partial charge in [0.05, 0.1) is 13.2 Å². The van der Waals surface area contributed by atoms with Crippen molar-refractivity contribution in [3.63, 3.8) is 0 Å². The van der Waals surface area contributed by atoms with Gasteiger partial charge in [0.25, 0.3) is 0 Å². The molecule has 0 aliphatic heterocycles. The van der Waals surface area contributed by atoms with E-state index in [1.54, 1.807) is 6.07 Å². The lowest BCUT2D eigenvalue weighted by Crippen LogP contribution is -2.14. The number of H-pyrrole nitrogens is 1. The fraction of sp³-hybridized carbons (Fsp3) is 0.400. The molecule has 80 valence electrons. The third kappa shape index (κ3) is 3.44. The predicted octanol–water partition coefficient (Wildman–Crippen LogP) is 0.805. The lowest BCUT2D eigenvalue weighted by molar-refractivity contribution is 0.0594. The summed E-state index contributed by atoms with van der Waals surface area (Å²) in [7, 11) is 1.34. The number of aromatic amines is 1. The first-order valence-corrected chi connectivity index (χ1v) is 4.62. The molecule has 0 aliphatic carbocycles. The van der Waals surface area contributed by atoms with E-state index < -0.39 is 0 Å². The molecule has 5 heteroatoms. The molecule has 0 saturated heterocycles. The standard InChI is InChI=1S/C10H13N3O2/c1-15-10(14)9-4-3-8(13-9)7-12-6-2-5-11/h3-4,12-13H,2,6-7H2,1H3. The van der Waals surface area contributed by atoms with Crippen molar-refractivity contribution in [1.82, 2.24) is 10.3 Å². The number of carbonyl (C=O) groups is 1. The molecule has 1 aromatic rings. The van der Waals surface area contributed by atoms with Gasteiger partial charge in [-0.1, -0.05) is 0 Å². The highest BCUT2D eigenvalue weighted by atomic mass is 16.5. The Kier molecular flexibility index (Phi) is 4.38. The molecule has 0 radical (unpaired) electrons. The first-order chi connectivity index (χ1) is 7.27. The number of nitrogens with zero attached hydrogens (tertiary/aromatic N) is 1. The molecular formula is C10H13N3O2. The summed E-state index contributed by atoms with van der Waals surface area (Å²) in [6.45, 7) is 1.25. The maximum atomic E-state index is 11.1. The molecule has 15 heavy (non-hydrogen) atoms. The number of hydrogen-bond acceptors (Lipinski definition) is 4. The summed E-state index contributed by atoms with van der Waals surface area (Å²) in [5.41, 5.74) is 1.34. The lowest BCUT2D eigenvalue weighted by atomic mass is 10.4. The molecule has 5 nitrogen and oxygen atoms in total. The average Bonchev–Trinajstić information content (AvgIpc) is 2.72. The Morgan fingerprint density at radius 1 is 1.67 bits per heavy atom. The summed E-state index contributed by atoms with van der Waals surface area (Å²) in [5, 5.41) is 11.4. The highest BCUT2D eigenvalue weighted by molar-refractivity contribution is 5.87.